The van der Waals surface area contributed by atoms with Crippen LogP contribution in [0.1, 0.15) is 0 Å². The zero-order valence-electron chi connectivity index (χ0n) is 12.0. The summed E-state index contributed by atoms with van der Waals surface area (Å²) in [6.07, 6.45) is 0. The van der Waals surface area contributed by atoms with E-state index in [1.807, 2.05) is 0 Å². The number of amides is 2. The number of hydrogen-bond acceptors (Lipinski definition) is 7. The maximum atomic E-state index is 11.2. The molecule has 0 heterocycles. The molecule has 0 radical (unpaired) electrons. The molecule has 21 heavy (non-hydrogen) atoms. The van der Waals surface area contributed by atoms with Gasteiger partial charge in [0.25, 0.3) is 0 Å². The molecular formula is C12H24N2O7. The van der Waals surface area contributed by atoms with Crippen LogP contribution in [0.2, 0.25) is 0 Å². The van der Waals surface area contributed by atoms with Crippen molar-refractivity contribution < 1.29 is 34.0 Å². The maximum absolute atomic E-state index is 11.2. The van der Waals surface area contributed by atoms with E-state index < -0.39 is 0 Å². The van der Waals surface area contributed by atoms with Gasteiger partial charge in [-0.1, -0.05) is 0 Å². The topological polar surface area (TPSA) is 126 Å². The van der Waals surface area contributed by atoms with Crippen LogP contribution in [0, 0.1) is 0 Å². The van der Waals surface area contributed by atoms with E-state index in [0.717, 1.165) is 0 Å². The fourth-order valence-electron chi connectivity index (χ4n) is 1.17. The first kappa shape index (κ1) is 19.7. The Bertz CT molecular complexity index is 276. The molecule has 4 N–H and O–H groups in total. The van der Waals surface area contributed by atoms with E-state index in [1.54, 1.807) is 0 Å². The third-order valence-electron chi connectivity index (χ3n) is 2.08. The molecule has 0 aliphatic rings. The number of rotatable bonds is 14. The summed E-state index contributed by atoms with van der Waals surface area (Å²) >= 11 is 0. The van der Waals surface area contributed by atoms with Crippen molar-refractivity contribution in [3.05, 3.63) is 0 Å². The van der Waals surface area contributed by atoms with Crippen LogP contribution in [0.4, 0.5) is 0 Å². The van der Waals surface area contributed by atoms with Gasteiger partial charge in [-0.05, 0) is 0 Å². The molecule has 0 aliphatic carbocycles. The van der Waals surface area contributed by atoms with Crippen LogP contribution in [0.15, 0.2) is 0 Å². The minimum absolute atomic E-state index is 0.0811. The summed E-state index contributed by atoms with van der Waals surface area (Å²) < 4.78 is 15.0. The van der Waals surface area contributed by atoms with Crippen LogP contribution in [-0.2, 0) is 23.8 Å². The van der Waals surface area contributed by atoms with Gasteiger partial charge in [-0.3, -0.25) is 9.59 Å². The summed E-state index contributed by atoms with van der Waals surface area (Å²) in [4.78, 5) is 22.2. The van der Waals surface area contributed by atoms with Crippen LogP contribution in [0.25, 0.3) is 0 Å². The van der Waals surface area contributed by atoms with Gasteiger partial charge in [0.1, 0.15) is 13.2 Å². The fraction of sp³-hybridized carbons (Fsp3) is 0.833. The van der Waals surface area contributed by atoms with Gasteiger partial charge in [0.05, 0.1) is 39.6 Å². The molecule has 0 aromatic heterocycles. The Labute approximate surface area is 123 Å². The SMILES string of the molecule is O=C(COCCO)NCCOCCOCC(=O)NCCO. The lowest BCUT2D eigenvalue weighted by molar-refractivity contribution is -0.127. The zero-order valence-corrected chi connectivity index (χ0v) is 12.0. The molecule has 0 fully saturated rings. The van der Waals surface area contributed by atoms with Crippen molar-refractivity contribution >= 4 is 11.8 Å². The number of carbonyl (C=O) groups is 2. The van der Waals surface area contributed by atoms with E-state index in [9.17, 15) is 9.59 Å². The molecule has 9 heteroatoms. The Morgan fingerprint density at radius 1 is 0.714 bits per heavy atom. The molecule has 0 saturated heterocycles. The normalized spacial score (nSPS) is 10.4. The summed E-state index contributed by atoms with van der Waals surface area (Å²) in [5, 5.41) is 22.0. The molecule has 0 aromatic carbocycles. The summed E-state index contributed by atoms with van der Waals surface area (Å²) in [6.45, 7) is 1.19. The number of nitrogens with one attached hydrogen (secondary N) is 2. The Hall–Kier alpha value is -1.26. The van der Waals surface area contributed by atoms with Gasteiger partial charge in [0, 0.05) is 13.1 Å². The number of aliphatic hydroxyl groups excluding tert-OH is 2. The van der Waals surface area contributed by atoms with Crippen molar-refractivity contribution in [1.82, 2.24) is 10.6 Å². The minimum Gasteiger partial charge on any atom is -0.395 e. The van der Waals surface area contributed by atoms with Crippen molar-refractivity contribution in [2.75, 3.05) is 65.9 Å². The molecular weight excluding hydrogens is 284 g/mol. The highest BCUT2D eigenvalue weighted by molar-refractivity contribution is 5.77. The smallest absolute Gasteiger partial charge is 0.246 e. The average Bonchev–Trinajstić information content (AvgIpc) is 2.48. The van der Waals surface area contributed by atoms with Crippen LogP contribution >= 0.6 is 0 Å². The van der Waals surface area contributed by atoms with Crippen molar-refractivity contribution in [3.8, 4) is 0 Å². The fourth-order valence-corrected chi connectivity index (χ4v) is 1.17. The van der Waals surface area contributed by atoms with Crippen LogP contribution in [-0.4, -0.2) is 88.0 Å². The Kier molecular flexibility index (Phi) is 14.2. The summed E-state index contributed by atoms with van der Waals surface area (Å²) in [5.74, 6) is -0.567. The number of aliphatic hydroxyl groups is 2. The van der Waals surface area contributed by atoms with Gasteiger partial charge in [0.15, 0.2) is 0 Å². The molecule has 124 valence electrons. The van der Waals surface area contributed by atoms with Crippen LogP contribution in [0.5, 0.6) is 0 Å². The standard InChI is InChI=1S/C12H24N2O7/c15-3-1-13-11(17)10-21-8-7-19-5-2-14-12(18)9-20-6-4-16/h15-16H,1-10H2,(H,13,17)(H,14,18). The van der Waals surface area contributed by atoms with Crippen LogP contribution < -0.4 is 10.6 Å². The lowest BCUT2D eigenvalue weighted by Crippen LogP contribution is -2.31. The van der Waals surface area contributed by atoms with E-state index in [0.29, 0.717) is 19.8 Å². The highest BCUT2D eigenvalue weighted by atomic mass is 16.5. The number of hydrogen-bond donors (Lipinski definition) is 4. The van der Waals surface area contributed by atoms with Gasteiger partial charge >= 0.3 is 0 Å². The zero-order chi connectivity index (χ0) is 15.8. The number of carbonyl (C=O) groups excluding carboxylic acids is 2. The molecule has 0 atom stereocenters. The molecule has 0 spiro atoms. The van der Waals surface area contributed by atoms with E-state index in [1.165, 1.54) is 0 Å². The highest BCUT2D eigenvalue weighted by Crippen LogP contribution is 1.80. The van der Waals surface area contributed by atoms with Crippen molar-refractivity contribution in [3.63, 3.8) is 0 Å². The van der Waals surface area contributed by atoms with Gasteiger partial charge in [0.2, 0.25) is 11.8 Å². The molecule has 9 nitrogen and oxygen atoms in total. The predicted molar refractivity (Wildman–Crippen MR) is 72.6 cm³/mol. The van der Waals surface area contributed by atoms with Crippen molar-refractivity contribution in [1.29, 1.82) is 0 Å². The summed E-state index contributed by atoms with van der Waals surface area (Å²) in [5.41, 5.74) is 0. The second-order valence-corrected chi connectivity index (χ2v) is 3.86. The Morgan fingerprint density at radius 2 is 1.29 bits per heavy atom. The summed E-state index contributed by atoms with van der Waals surface area (Å²) in [7, 11) is 0. The monoisotopic (exact) mass is 308 g/mol. The van der Waals surface area contributed by atoms with E-state index in [2.05, 4.69) is 10.6 Å². The molecule has 0 aliphatic heterocycles. The van der Waals surface area contributed by atoms with Gasteiger partial charge in [-0.15, -0.1) is 0 Å². The second-order valence-electron chi connectivity index (χ2n) is 3.86. The first-order chi connectivity index (χ1) is 10.2. The molecule has 2 amide bonds. The number of ether oxygens (including phenoxy) is 3. The third-order valence-corrected chi connectivity index (χ3v) is 2.08. The highest BCUT2D eigenvalue weighted by Gasteiger charge is 2.01. The van der Waals surface area contributed by atoms with Gasteiger partial charge < -0.3 is 35.1 Å². The Morgan fingerprint density at radius 3 is 1.90 bits per heavy atom. The van der Waals surface area contributed by atoms with Gasteiger partial charge in [-0.2, -0.15) is 0 Å². The minimum atomic E-state index is -0.292. The molecule has 0 saturated carbocycles. The lowest BCUT2D eigenvalue weighted by atomic mass is 10.5. The first-order valence-electron chi connectivity index (χ1n) is 6.69. The van der Waals surface area contributed by atoms with E-state index in [-0.39, 0.29) is 58.0 Å². The molecule has 0 bridgehead atoms. The van der Waals surface area contributed by atoms with Crippen LogP contribution in [0.3, 0.4) is 0 Å². The molecule has 0 aromatic rings. The lowest BCUT2D eigenvalue weighted by Gasteiger charge is -2.07. The van der Waals surface area contributed by atoms with Crippen molar-refractivity contribution in [2.24, 2.45) is 0 Å². The average molecular weight is 308 g/mol. The quantitative estimate of drug-likeness (QED) is 0.256. The third kappa shape index (κ3) is 15.0. The van der Waals surface area contributed by atoms with E-state index in [4.69, 9.17) is 24.4 Å². The maximum Gasteiger partial charge on any atom is 0.246 e. The van der Waals surface area contributed by atoms with Gasteiger partial charge in [-0.25, -0.2) is 0 Å². The van der Waals surface area contributed by atoms with E-state index >= 15 is 0 Å². The Balaban J connectivity index is 3.21. The second kappa shape index (κ2) is 15.1. The largest absolute Gasteiger partial charge is 0.395 e. The van der Waals surface area contributed by atoms with Crippen molar-refractivity contribution in [2.45, 2.75) is 0 Å². The molecule has 0 unspecified atom stereocenters. The summed E-state index contributed by atoms with van der Waals surface area (Å²) in [6, 6.07) is 0. The molecule has 0 rings (SSSR count). The first-order valence-corrected chi connectivity index (χ1v) is 6.69. The predicted octanol–water partition coefficient (Wildman–Crippen LogP) is -2.75.